The molecular formula is C24H25Cl2F2N7O. The molecule has 36 heavy (non-hydrogen) atoms. The second kappa shape index (κ2) is 11.0. The molecule has 0 fully saturated rings. The molecule has 0 saturated carbocycles. The van der Waals surface area contributed by atoms with Gasteiger partial charge in [0.1, 0.15) is 29.9 Å². The molecule has 0 amide bonds. The summed E-state index contributed by atoms with van der Waals surface area (Å²) in [5, 5.41) is 25.3. The first kappa shape index (κ1) is 26.2. The highest BCUT2D eigenvalue weighted by Gasteiger charge is 2.36. The number of benzene rings is 2. The van der Waals surface area contributed by atoms with Crippen LogP contribution in [0.25, 0.3) is 0 Å². The Labute approximate surface area is 217 Å². The monoisotopic (exact) mass is 535 g/mol. The first-order valence-electron chi connectivity index (χ1n) is 11.2. The van der Waals surface area contributed by atoms with Crippen LogP contribution in [0, 0.1) is 11.6 Å². The Morgan fingerprint density at radius 1 is 1.11 bits per heavy atom. The molecule has 1 atom stereocenters. The van der Waals surface area contributed by atoms with Gasteiger partial charge in [0.2, 0.25) is 0 Å². The van der Waals surface area contributed by atoms with Crippen molar-refractivity contribution in [1.29, 1.82) is 0 Å². The number of hydrogen-bond acceptors (Lipinski definition) is 6. The van der Waals surface area contributed by atoms with Crippen molar-refractivity contribution in [2.45, 2.75) is 45.1 Å². The highest BCUT2D eigenvalue weighted by Crippen LogP contribution is 2.29. The van der Waals surface area contributed by atoms with Gasteiger partial charge in [-0.25, -0.2) is 23.1 Å². The number of aromatic nitrogens is 6. The summed E-state index contributed by atoms with van der Waals surface area (Å²) in [6.45, 7) is 4.57. The van der Waals surface area contributed by atoms with Crippen LogP contribution in [0.1, 0.15) is 30.7 Å². The molecule has 1 N–H and O–H groups in total. The van der Waals surface area contributed by atoms with Gasteiger partial charge in [0.25, 0.3) is 0 Å². The molecule has 0 radical (unpaired) electrons. The van der Waals surface area contributed by atoms with E-state index in [1.165, 1.54) is 23.4 Å². The number of aliphatic hydroxyl groups is 1. The summed E-state index contributed by atoms with van der Waals surface area (Å²) in [6.07, 6.45) is 4.54. The Kier molecular flexibility index (Phi) is 7.99. The maximum absolute atomic E-state index is 14.8. The number of nitrogens with zero attached hydrogens (tertiary/aromatic N) is 7. The van der Waals surface area contributed by atoms with Gasteiger partial charge in [0.05, 0.1) is 25.0 Å². The summed E-state index contributed by atoms with van der Waals surface area (Å²) in [7, 11) is 0. The van der Waals surface area contributed by atoms with Crippen LogP contribution in [0.3, 0.4) is 0 Å². The van der Waals surface area contributed by atoms with Crippen LogP contribution in [0.4, 0.5) is 8.78 Å². The fourth-order valence-corrected chi connectivity index (χ4v) is 4.42. The zero-order valence-corrected chi connectivity index (χ0v) is 21.2. The fraction of sp³-hybridized carbons (Fsp3) is 0.333. The zero-order chi connectivity index (χ0) is 25.9. The lowest BCUT2D eigenvalue weighted by Gasteiger charge is -2.36. The Bertz CT molecular complexity index is 1320. The minimum absolute atomic E-state index is 0.0168. The molecule has 0 bridgehead atoms. The molecule has 12 heteroatoms. The molecule has 4 rings (SSSR count). The minimum atomic E-state index is -1.73. The highest BCUT2D eigenvalue weighted by molar-refractivity contribution is 6.35. The van der Waals surface area contributed by atoms with E-state index in [1.54, 1.807) is 23.0 Å². The molecule has 0 aliphatic carbocycles. The summed E-state index contributed by atoms with van der Waals surface area (Å²) in [5.41, 5.74) is -0.280. The third kappa shape index (κ3) is 6.25. The van der Waals surface area contributed by atoms with E-state index in [4.69, 9.17) is 23.2 Å². The third-order valence-corrected chi connectivity index (χ3v) is 6.40. The molecule has 0 spiro atoms. The Balaban J connectivity index is 1.56. The van der Waals surface area contributed by atoms with Gasteiger partial charge < -0.3 is 5.11 Å². The van der Waals surface area contributed by atoms with Gasteiger partial charge in [-0.15, -0.1) is 5.10 Å². The van der Waals surface area contributed by atoms with E-state index in [1.807, 2.05) is 24.8 Å². The summed E-state index contributed by atoms with van der Waals surface area (Å²) < 4.78 is 31.5. The molecule has 8 nitrogen and oxygen atoms in total. The molecule has 2 heterocycles. The normalized spacial score (nSPS) is 13.5. The van der Waals surface area contributed by atoms with Crippen molar-refractivity contribution in [3.05, 3.63) is 93.8 Å². The summed E-state index contributed by atoms with van der Waals surface area (Å²) in [4.78, 5) is 5.84. The van der Waals surface area contributed by atoms with Crippen LogP contribution in [-0.2, 0) is 25.2 Å². The van der Waals surface area contributed by atoms with Crippen LogP contribution in [0.15, 0.2) is 55.2 Å². The van der Waals surface area contributed by atoms with Crippen molar-refractivity contribution in [2.24, 2.45) is 0 Å². The second-order valence-electron chi connectivity index (χ2n) is 8.89. The van der Waals surface area contributed by atoms with Crippen molar-refractivity contribution in [2.75, 3.05) is 6.54 Å². The predicted octanol–water partition coefficient (Wildman–Crippen LogP) is 4.30. The Morgan fingerprint density at radius 3 is 2.58 bits per heavy atom. The van der Waals surface area contributed by atoms with Gasteiger partial charge in [-0.1, -0.05) is 40.5 Å². The Hall–Kier alpha value is -2.92. The first-order valence-corrected chi connectivity index (χ1v) is 12.0. The van der Waals surface area contributed by atoms with Crippen LogP contribution in [0.5, 0.6) is 0 Å². The molecule has 2 aromatic carbocycles. The minimum Gasteiger partial charge on any atom is -0.382 e. The van der Waals surface area contributed by atoms with E-state index in [2.05, 4.69) is 20.4 Å². The van der Waals surface area contributed by atoms with Crippen LogP contribution < -0.4 is 0 Å². The zero-order valence-electron chi connectivity index (χ0n) is 19.7. The van der Waals surface area contributed by atoms with Crippen LogP contribution in [-0.4, -0.2) is 52.4 Å². The molecule has 190 valence electrons. The maximum atomic E-state index is 14.8. The fourth-order valence-electron chi connectivity index (χ4n) is 3.95. The van der Waals surface area contributed by atoms with Crippen molar-refractivity contribution < 1.29 is 13.9 Å². The van der Waals surface area contributed by atoms with Crippen molar-refractivity contribution in [3.8, 4) is 0 Å². The van der Waals surface area contributed by atoms with Crippen molar-refractivity contribution in [3.63, 3.8) is 0 Å². The van der Waals surface area contributed by atoms with Gasteiger partial charge in [-0.2, -0.15) is 5.10 Å². The average Bonchev–Trinajstić information content (AvgIpc) is 3.47. The lowest BCUT2D eigenvalue weighted by molar-refractivity contribution is -0.0315. The maximum Gasteiger partial charge on any atom is 0.137 e. The number of halogens is 4. The molecule has 4 aromatic rings. The van der Waals surface area contributed by atoms with E-state index in [0.29, 0.717) is 28.8 Å². The predicted molar refractivity (Wildman–Crippen MR) is 131 cm³/mol. The SMILES string of the molecule is CC(C)N(Cc1cn(Cc2ccc(Cl)cc2Cl)nn1)CC(O)(Cn1cncn1)c1ccc(F)cc1F. The van der Waals surface area contributed by atoms with E-state index in [0.717, 1.165) is 17.7 Å². The topological polar surface area (TPSA) is 84.9 Å². The van der Waals surface area contributed by atoms with Crippen LogP contribution >= 0.6 is 23.2 Å². The number of rotatable bonds is 10. The van der Waals surface area contributed by atoms with Crippen molar-refractivity contribution >= 4 is 23.2 Å². The van der Waals surface area contributed by atoms with Gasteiger partial charge >= 0.3 is 0 Å². The van der Waals surface area contributed by atoms with E-state index in [-0.39, 0.29) is 24.7 Å². The van der Waals surface area contributed by atoms with Gasteiger partial charge in [0.15, 0.2) is 0 Å². The largest absolute Gasteiger partial charge is 0.382 e. The second-order valence-corrected chi connectivity index (χ2v) is 9.73. The quantitative estimate of drug-likeness (QED) is 0.326. The molecular weight excluding hydrogens is 511 g/mol. The number of hydrogen-bond donors (Lipinski definition) is 1. The standard InChI is InChI=1S/C24H25Cl2F2N7O/c1-16(2)33(10-20-11-34(32-31-20)9-17-3-4-18(25)7-22(17)26)12-24(36,13-35-15-29-14-30-35)21-6-5-19(27)8-23(21)28/h3-8,11,14-16,36H,9-10,12-13H2,1-2H3. The van der Waals surface area contributed by atoms with Crippen LogP contribution in [0.2, 0.25) is 10.0 Å². The summed E-state index contributed by atoms with van der Waals surface area (Å²) in [5.74, 6) is -1.57. The van der Waals surface area contributed by atoms with Gasteiger partial charge in [-0.05, 0) is 37.6 Å². The lowest BCUT2D eigenvalue weighted by atomic mass is 9.91. The lowest BCUT2D eigenvalue weighted by Crippen LogP contribution is -2.46. The Morgan fingerprint density at radius 2 is 1.92 bits per heavy atom. The highest BCUT2D eigenvalue weighted by atomic mass is 35.5. The van der Waals surface area contributed by atoms with E-state index < -0.39 is 17.2 Å². The molecule has 0 saturated heterocycles. The molecule has 2 aromatic heterocycles. The van der Waals surface area contributed by atoms with E-state index in [9.17, 15) is 13.9 Å². The molecule has 1 unspecified atom stereocenters. The van der Waals surface area contributed by atoms with E-state index >= 15 is 0 Å². The average molecular weight is 536 g/mol. The van der Waals surface area contributed by atoms with Gasteiger partial charge in [0, 0.05) is 40.8 Å². The molecule has 0 aliphatic heterocycles. The smallest absolute Gasteiger partial charge is 0.137 e. The molecule has 0 aliphatic rings. The summed E-state index contributed by atoms with van der Waals surface area (Å²) in [6, 6.07) is 8.34. The third-order valence-electron chi connectivity index (χ3n) is 5.82. The summed E-state index contributed by atoms with van der Waals surface area (Å²) >= 11 is 12.3. The van der Waals surface area contributed by atoms with Crippen molar-refractivity contribution in [1.82, 2.24) is 34.7 Å². The first-order chi connectivity index (χ1) is 17.1. The van der Waals surface area contributed by atoms with Gasteiger partial charge in [-0.3, -0.25) is 4.90 Å².